The van der Waals surface area contributed by atoms with E-state index in [1.807, 2.05) is 24.3 Å². The minimum Gasteiger partial charge on any atom is -0.508 e. The van der Waals surface area contributed by atoms with Crippen molar-refractivity contribution in [2.24, 2.45) is 0 Å². The molecule has 0 spiro atoms. The van der Waals surface area contributed by atoms with Crippen molar-refractivity contribution >= 4 is 7.54 Å². The minimum atomic E-state index is -3.67. The predicted octanol–water partition coefficient (Wildman–Crippen LogP) is 4.27. The molecule has 0 atom stereocenters. The number of halogens is 3. The molecule has 0 saturated carbocycles. The third-order valence-corrected chi connectivity index (χ3v) is 1.70. The van der Waals surface area contributed by atoms with Crippen LogP contribution in [0.4, 0.5) is 12.9 Å². The first-order chi connectivity index (χ1) is 8.52. The third-order valence-electron chi connectivity index (χ3n) is 1.70. The molecule has 2 aromatic carbocycles. The van der Waals surface area contributed by atoms with Gasteiger partial charge in [-0.15, -0.1) is 0 Å². The molecule has 2 aromatic rings. The van der Waals surface area contributed by atoms with Crippen molar-refractivity contribution in [3.8, 4) is 5.75 Å². The SMILES string of the molecule is Cc1ccccc1.FB(F)F.Oc1ccccc1. The first-order valence-electron chi connectivity index (χ1n) is 5.20. The van der Waals surface area contributed by atoms with E-state index in [9.17, 15) is 12.9 Å². The summed E-state index contributed by atoms with van der Waals surface area (Å²) in [6.07, 6.45) is 0. The Labute approximate surface area is 105 Å². The van der Waals surface area contributed by atoms with Crippen LogP contribution in [0.5, 0.6) is 5.75 Å². The van der Waals surface area contributed by atoms with E-state index in [1.165, 1.54) is 5.56 Å². The van der Waals surface area contributed by atoms with Crippen molar-refractivity contribution in [3.63, 3.8) is 0 Å². The monoisotopic (exact) mass is 254 g/mol. The second-order valence-electron chi connectivity index (χ2n) is 3.24. The lowest BCUT2D eigenvalue weighted by Crippen LogP contribution is -1.76. The number of rotatable bonds is 0. The van der Waals surface area contributed by atoms with Gasteiger partial charge in [0.2, 0.25) is 0 Å². The molecule has 0 fully saturated rings. The summed E-state index contributed by atoms with van der Waals surface area (Å²) in [7, 11) is -3.67. The van der Waals surface area contributed by atoms with Crippen molar-refractivity contribution in [3.05, 3.63) is 66.2 Å². The van der Waals surface area contributed by atoms with E-state index in [2.05, 4.69) is 19.1 Å². The Balaban J connectivity index is 0.000000253. The van der Waals surface area contributed by atoms with E-state index < -0.39 is 7.54 Å². The van der Waals surface area contributed by atoms with E-state index in [4.69, 9.17) is 5.11 Å². The maximum atomic E-state index is 9.67. The zero-order valence-corrected chi connectivity index (χ0v) is 9.93. The van der Waals surface area contributed by atoms with Gasteiger partial charge < -0.3 is 5.11 Å². The van der Waals surface area contributed by atoms with Gasteiger partial charge in [-0.2, -0.15) is 0 Å². The summed E-state index contributed by atoms with van der Waals surface area (Å²) in [6.45, 7) is 2.08. The van der Waals surface area contributed by atoms with Crippen LogP contribution in [-0.4, -0.2) is 12.7 Å². The molecule has 0 heterocycles. The zero-order valence-electron chi connectivity index (χ0n) is 9.93. The van der Waals surface area contributed by atoms with Crippen LogP contribution in [0.3, 0.4) is 0 Å². The summed E-state index contributed by atoms with van der Waals surface area (Å²) in [5, 5.41) is 8.63. The molecule has 96 valence electrons. The highest BCUT2D eigenvalue weighted by atomic mass is 19.4. The second kappa shape index (κ2) is 10.3. The standard InChI is InChI=1S/C7H8.C6H6O.BF3/c1-7-5-3-2-4-6-7;7-6-4-2-1-3-5-6;2-1(3)4/h2-6H,1H3;1-5,7H;. The Hall–Kier alpha value is -1.91. The average Bonchev–Trinajstić information content (AvgIpc) is 2.31. The average molecular weight is 254 g/mol. The molecule has 0 aromatic heterocycles. The molecule has 1 nitrogen and oxygen atoms in total. The summed E-state index contributed by atoms with van der Waals surface area (Å²) in [4.78, 5) is 0. The molecule has 1 N–H and O–H groups in total. The smallest absolute Gasteiger partial charge is 0.508 e. The van der Waals surface area contributed by atoms with Crippen LogP contribution in [0.15, 0.2) is 60.7 Å². The Morgan fingerprint density at radius 2 is 1.11 bits per heavy atom. The highest BCUT2D eigenvalue weighted by Gasteiger charge is 2.06. The maximum absolute atomic E-state index is 9.67. The normalized spacial score (nSPS) is 8.22. The quantitative estimate of drug-likeness (QED) is 0.696. The van der Waals surface area contributed by atoms with Crippen LogP contribution in [0, 0.1) is 6.92 Å². The van der Waals surface area contributed by atoms with Gasteiger partial charge in [0.25, 0.3) is 0 Å². The number of hydrogen-bond donors (Lipinski definition) is 1. The summed E-state index contributed by atoms with van der Waals surface area (Å²) in [5.41, 5.74) is 1.32. The Kier molecular flexibility index (Phi) is 9.18. The van der Waals surface area contributed by atoms with Gasteiger partial charge in [-0.1, -0.05) is 54.1 Å². The van der Waals surface area contributed by atoms with E-state index in [1.54, 1.807) is 24.3 Å². The summed E-state index contributed by atoms with van der Waals surface area (Å²) >= 11 is 0. The topological polar surface area (TPSA) is 20.2 Å². The van der Waals surface area contributed by atoms with Crippen molar-refractivity contribution in [1.29, 1.82) is 0 Å². The van der Waals surface area contributed by atoms with Gasteiger partial charge in [-0.3, -0.25) is 12.9 Å². The second-order valence-corrected chi connectivity index (χ2v) is 3.24. The maximum Gasteiger partial charge on any atom is 0.762 e. The molecule has 5 heteroatoms. The Morgan fingerprint density at radius 1 is 0.778 bits per heavy atom. The molecule has 0 aliphatic carbocycles. The van der Waals surface area contributed by atoms with E-state index >= 15 is 0 Å². The van der Waals surface area contributed by atoms with E-state index in [-0.39, 0.29) is 0 Å². The van der Waals surface area contributed by atoms with Crippen LogP contribution in [0.2, 0.25) is 0 Å². The Morgan fingerprint density at radius 3 is 1.28 bits per heavy atom. The lowest BCUT2D eigenvalue weighted by Gasteiger charge is -1.82. The van der Waals surface area contributed by atoms with Gasteiger partial charge in [0, 0.05) is 0 Å². The molecule has 18 heavy (non-hydrogen) atoms. The highest BCUT2D eigenvalue weighted by Crippen LogP contribution is 2.02. The predicted molar refractivity (Wildman–Crippen MR) is 68.4 cm³/mol. The fourth-order valence-corrected chi connectivity index (χ4v) is 0.962. The van der Waals surface area contributed by atoms with Crippen LogP contribution < -0.4 is 0 Å². The lowest BCUT2D eigenvalue weighted by atomic mass is 10.2. The van der Waals surface area contributed by atoms with Crippen molar-refractivity contribution < 1.29 is 18.1 Å². The lowest BCUT2D eigenvalue weighted by molar-refractivity contribution is 0.475. The number of benzene rings is 2. The highest BCUT2D eigenvalue weighted by molar-refractivity contribution is 6.33. The van der Waals surface area contributed by atoms with Crippen LogP contribution in [0.25, 0.3) is 0 Å². The zero-order chi connectivity index (χ0) is 13.8. The van der Waals surface area contributed by atoms with E-state index in [0.29, 0.717) is 5.75 Å². The summed E-state index contributed by atoms with van der Waals surface area (Å²) < 4.78 is 29.0. The fraction of sp³-hybridized carbons (Fsp3) is 0.0769. The van der Waals surface area contributed by atoms with Gasteiger partial charge in [-0.05, 0) is 19.1 Å². The molecule has 0 radical (unpaired) electrons. The minimum absolute atomic E-state index is 0.322. The number of phenolic OH excluding ortho intramolecular Hbond substituents is 1. The summed E-state index contributed by atoms with van der Waals surface area (Å²) in [6, 6.07) is 19.0. The van der Waals surface area contributed by atoms with Crippen molar-refractivity contribution in [2.45, 2.75) is 6.92 Å². The molecule has 0 bridgehead atoms. The largest absolute Gasteiger partial charge is 0.762 e. The third kappa shape index (κ3) is 12.2. The first-order valence-corrected chi connectivity index (χ1v) is 5.20. The fourth-order valence-electron chi connectivity index (χ4n) is 0.962. The number of para-hydroxylation sites is 1. The number of aromatic hydroxyl groups is 1. The van der Waals surface area contributed by atoms with Gasteiger partial charge in [0.1, 0.15) is 5.75 Å². The molecule has 0 unspecified atom stereocenters. The number of hydrogen-bond acceptors (Lipinski definition) is 1. The molecular formula is C13H14BF3O. The molecule has 0 saturated heterocycles. The van der Waals surface area contributed by atoms with Gasteiger partial charge in [-0.25, -0.2) is 0 Å². The van der Waals surface area contributed by atoms with Crippen LogP contribution in [-0.2, 0) is 0 Å². The molecule has 0 amide bonds. The number of aryl methyl sites for hydroxylation is 1. The molecule has 0 aliphatic heterocycles. The Bertz CT molecular complexity index is 355. The molecule has 0 aliphatic rings. The van der Waals surface area contributed by atoms with Crippen molar-refractivity contribution in [2.75, 3.05) is 0 Å². The van der Waals surface area contributed by atoms with Gasteiger partial charge in [0.05, 0.1) is 0 Å². The van der Waals surface area contributed by atoms with E-state index in [0.717, 1.165) is 0 Å². The summed E-state index contributed by atoms with van der Waals surface area (Å²) in [5.74, 6) is 0.322. The molecule has 2 rings (SSSR count). The van der Waals surface area contributed by atoms with Crippen LogP contribution >= 0.6 is 0 Å². The molecular weight excluding hydrogens is 240 g/mol. The first kappa shape index (κ1) is 16.1. The number of phenols is 1. The van der Waals surface area contributed by atoms with Crippen LogP contribution in [0.1, 0.15) is 5.56 Å². The van der Waals surface area contributed by atoms with Crippen molar-refractivity contribution in [1.82, 2.24) is 0 Å². The van der Waals surface area contributed by atoms with Gasteiger partial charge in [0.15, 0.2) is 0 Å². The van der Waals surface area contributed by atoms with Gasteiger partial charge >= 0.3 is 7.54 Å².